The molecule has 0 aliphatic rings. The monoisotopic (exact) mass is 366 g/mol. The second-order valence-electron chi connectivity index (χ2n) is 5.03. The van der Waals surface area contributed by atoms with Gasteiger partial charge in [0.05, 0.1) is 18.7 Å². The number of nitrogens with one attached hydrogen (secondary N) is 1. The number of carboxylic acid groups (broad SMARTS) is 1. The van der Waals surface area contributed by atoms with Gasteiger partial charge >= 0.3 is 5.97 Å². The summed E-state index contributed by atoms with van der Waals surface area (Å²) in [6.07, 6.45) is 0.135. The number of aromatic carboxylic acids is 1. The number of fused-ring (bicyclic) bond motifs is 1. The summed E-state index contributed by atoms with van der Waals surface area (Å²) in [6.45, 7) is 0.717. The number of carbonyl (C=O) groups excluding carboxylic acids is 1. The van der Waals surface area contributed by atoms with Gasteiger partial charge in [-0.2, -0.15) is 0 Å². The van der Waals surface area contributed by atoms with Crippen LogP contribution in [0.2, 0.25) is 0 Å². The Morgan fingerprint density at radius 1 is 1.29 bits per heavy atom. The Bertz CT molecular complexity index is 848. The van der Waals surface area contributed by atoms with Crippen LogP contribution < -0.4 is 5.32 Å². The molecule has 0 unspecified atom stereocenters. The van der Waals surface area contributed by atoms with Crippen LogP contribution in [-0.4, -0.2) is 29.2 Å². The van der Waals surface area contributed by atoms with E-state index in [1.54, 1.807) is 19.2 Å². The highest BCUT2D eigenvalue weighted by Gasteiger charge is 2.13. The molecule has 3 rings (SSSR count). The van der Waals surface area contributed by atoms with Crippen molar-refractivity contribution < 1.29 is 24.0 Å². The normalized spacial score (nSPS) is 11.0. The maximum Gasteiger partial charge on any atom is 0.345 e. The van der Waals surface area contributed by atoms with E-state index in [2.05, 4.69) is 10.5 Å². The van der Waals surface area contributed by atoms with Crippen molar-refractivity contribution in [1.29, 1.82) is 0 Å². The molecule has 9 heteroatoms. The third kappa shape index (κ3) is 3.81. The molecule has 0 atom stereocenters. The summed E-state index contributed by atoms with van der Waals surface area (Å²) < 4.78 is 11.8. The van der Waals surface area contributed by atoms with Crippen molar-refractivity contribution in [1.82, 2.24) is 10.5 Å². The maximum atomic E-state index is 12.0. The number of nitrogens with zero attached hydrogens (tertiary/aromatic N) is 1. The third-order valence-corrected chi connectivity index (χ3v) is 5.45. The second-order valence-corrected chi connectivity index (χ2v) is 7.28. The predicted octanol–water partition coefficient (Wildman–Crippen LogP) is 2.65. The molecule has 7 nitrogen and oxygen atoms in total. The smallest absolute Gasteiger partial charge is 0.345 e. The zero-order valence-electron chi connectivity index (χ0n) is 12.7. The minimum Gasteiger partial charge on any atom is -0.477 e. The van der Waals surface area contributed by atoms with Crippen LogP contribution in [0.25, 0.3) is 9.40 Å². The molecule has 0 bridgehead atoms. The Balaban J connectivity index is 1.55. The van der Waals surface area contributed by atoms with Crippen molar-refractivity contribution in [2.24, 2.45) is 0 Å². The van der Waals surface area contributed by atoms with Crippen LogP contribution in [0.1, 0.15) is 26.0 Å². The van der Waals surface area contributed by atoms with Gasteiger partial charge in [-0.3, -0.25) is 4.79 Å². The van der Waals surface area contributed by atoms with Crippen LogP contribution in [0.5, 0.6) is 0 Å². The lowest BCUT2D eigenvalue weighted by Gasteiger charge is -2.01. The molecule has 0 spiro atoms. The van der Waals surface area contributed by atoms with Crippen LogP contribution in [0.15, 0.2) is 22.7 Å². The number of thiophene rings is 2. The van der Waals surface area contributed by atoms with Crippen molar-refractivity contribution >= 4 is 43.9 Å². The highest BCUT2D eigenvalue weighted by Crippen LogP contribution is 2.33. The fourth-order valence-corrected chi connectivity index (χ4v) is 4.34. The first kappa shape index (κ1) is 16.6. The van der Waals surface area contributed by atoms with E-state index in [9.17, 15) is 9.59 Å². The van der Waals surface area contributed by atoms with Gasteiger partial charge in [-0.05, 0) is 12.1 Å². The minimum atomic E-state index is -0.918. The van der Waals surface area contributed by atoms with Crippen molar-refractivity contribution in [3.63, 3.8) is 0 Å². The summed E-state index contributed by atoms with van der Waals surface area (Å²) in [7, 11) is 1.56. The Morgan fingerprint density at radius 3 is 2.79 bits per heavy atom. The fourth-order valence-electron chi connectivity index (χ4n) is 2.14. The van der Waals surface area contributed by atoms with Gasteiger partial charge in [0.2, 0.25) is 5.91 Å². The van der Waals surface area contributed by atoms with E-state index in [0.29, 0.717) is 29.5 Å². The van der Waals surface area contributed by atoms with Crippen molar-refractivity contribution in [3.8, 4) is 0 Å². The average Bonchev–Trinajstić information content (AvgIpc) is 3.20. The highest BCUT2D eigenvalue weighted by atomic mass is 32.1. The number of hydrogen-bond donors (Lipinski definition) is 2. The average molecular weight is 366 g/mol. The number of carbonyl (C=O) groups is 2. The van der Waals surface area contributed by atoms with Crippen LogP contribution in [-0.2, 0) is 29.1 Å². The summed E-state index contributed by atoms with van der Waals surface area (Å²) in [4.78, 5) is 24.2. The lowest BCUT2D eigenvalue weighted by atomic mass is 10.2. The second kappa shape index (κ2) is 7.12. The van der Waals surface area contributed by atoms with Gasteiger partial charge in [0.15, 0.2) is 5.76 Å². The van der Waals surface area contributed by atoms with Gasteiger partial charge in [-0.25, -0.2) is 4.79 Å². The molecule has 24 heavy (non-hydrogen) atoms. The Kier molecular flexibility index (Phi) is 4.93. The molecule has 1 amide bonds. The van der Waals surface area contributed by atoms with Crippen LogP contribution >= 0.6 is 22.7 Å². The molecule has 0 aliphatic heterocycles. The van der Waals surface area contributed by atoms with E-state index in [-0.39, 0.29) is 12.3 Å². The number of methoxy groups -OCH3 is 1. The largest absolute Gasteiger partial charge is 0.477 e. The number of hydrogen-bond acceptors (Lipinski definition) is 7. The molecule has 126 valence electrons. The molecule has 0 aliphatic carbocycles. The molecule has 3 aromatic rings. The molecule has 0 radical (unpaired) electrons. The van der Waals surface area contributed by atoms with Gasteiger partial charge in [0.25, 0.3) is 0 Å². The van der Waals surface area contributed by atoms with E-state index in [1.807, 2.05) is 6.07 Å². The maximum absolute atomic E-state index is 12.0. The van der Waals surface area contributed by atoms with Crippen molar-refractivity contribution in [2.75, 3.05) is 7.11 Å². The van der Waals surface area contributed by atoms with E-state index in [4.69, 9.17) is 14.4 Å². The van der Waals surface area contributed by atoms with Crippen molar-refractivity contribution in [3.05, 3.63) is 39.4 Å². The summed E-state index contributed by atoms with van der Waals surface area (Å²) in [5.41, 5.74) is 0.554. The Morgan fingerprint density at radius 2 is 2.08 bits per heavy atom. The van der Waals surface area contributed by atoms with Gasteiger partial charge < -0.3 is 19.7 Å². The lowest BCUT2D eigenvalue weighted by Crippen LogP contribution is -2.24. The van der Waals surface area contributed by atoms with Crippen LogP contribution in [0.3, 0.4) is 0 Å². The Labute approximate surface area is 144 Å². The molecule has 0 fully saturated rings. The van der Waals surface area contributed by atoms with E-state index in [0.717, 1.165) is 14.3 Å². The summed E-state index contributed by atoms with van der Waals surface area (Å²) in [6, 6.07) is 5.26. The zero-order valence-corrected chi connectivity index (χ0v) is 14.3. The predicted molar refractivity (Wildman–Crippen MR) is 89.4 cm³/mol. The summed E-state index contributed by atoms with van der Waals surface area (Å²) >= 11 is 2.71. The fraction of sp³-hybridized carbons (Fsp3) is 0.267. The molecular formula is C15H14N2O5S2. The Hall–Kier alpha value is -2.23. The molecule has 0 saturated carbocycles. The zero-order chi connectivity index (χ0) is 17.1. The van der Waals surface area contributed by atoms with Gasteiger partial charge in [-0.1, -0.05) is 5.16 Å². The molecule has 0 saturated heterocycles. The molecule has 3 aromatic heterocycles. The number of aromatic nitrogens is 1. The topological polar surface area (TPSA) is 102 Å². The first-order chi connectivity index (χ1) is 11.5. The van der Waals surface area contributed by atoms with Gasteiger partial charge in [0, 0.05) is 27.5 Å². The van der Waals surface area contributed by atoms with Crippen LogP contribution in [0.4, 0.5) is 0 Å². The SMILES string of the molecule is COCc1cc(CC(=O)NCc2cc3sc(C(=O)O)cc3s2)no1. The van der Waals surface area contributed by atoms with Crippen LogP contribution in [0, 0.1) is 0 Å². The number of rotatable bonds is 7. The van der Waals surface area contributed by atoms with E-state index in [1.165, 1.54) is 22.7 Å². The van der Waals surface area contributed by atoms with Crippen molar-refractivity contribution in [2.45, 2.75) is 19.6 Å². The summed E-state index contributed by atoms with van der Waals surface area (Å²) in [5.74, 6) is -0.498. The third-order valence-electron chi connectivity index (χ3n) is 3.16. The van der Waals surface area contributed by atoms with E-state index >= 15 is 0 Å². The lowest BCUT2D eigenvalue weighted by molar-refractivity contribution is -0.120. The molecular weight excluding hydrogens is 352 g/mol. The first-order valence-corrected chi connectivity index (χ1v) is 8.64. The van der Waals surface area contributed by atoms with Gasteiger partial charge in [-0.15, -0.1) is 22.7 Å². The minimum absolute atomic E-state index is 0.135. The highest BCUT2D eigenvalue weighted by molar-refractivity contribution is 7.28. The van der Waals surface area contributed by atoms with E-state index < -0.39 is 5.97 Å². The quantitative estimate of drug-likeness (QED) is 0.666. The molecule has 3 heterocycles. The molecule has 0 aromatic carbocycles. The number of carboxylic acids is 1. The summed E-state index contributed by atoms with van der Waals surface area (Å²) in [5, 5.41) is 15.6. The number of amides is 1. The number of ether oxygens (including phenoxy) is 1. The standard InChI is InChI=1S/C15H14N2O5S2/c1-21-7-9-2-8(17-22-9)3-14(18)16-6-10-4-11-12(23-10)5-13(24-11)15(19)20/h2,4-5H,3,6-7H2,1H3,(H,16,18)(H,19,20). The molecule has 2 N–H and O–H groups in total. The first-order valence-electron chi connectivity index (χ1n) is 7.01. The van der Waals surface area contributed by atoms with Gasteiger partial charge in [0.1, 0.15) is 11.5 Å².